The first-order valence-electron chi connectivity index (χ1n) is 6.45. The molecule has 3 amide bonds. The number of imide groups is 1. The number of para-hydroxylation sites is 1. The van der Waals surface area contributed by atoms with Gasteiger partial charge in [0.25, 0.3) is 0 Å². The molecule has 0 radical (unpaired) electrons. The number of nitrogens with two attached hydrogens (primary N) is 1. The number of nitrogens with one attached hydrogen (secondary N) is 1. The highest BCUT2D eigenvalue weighted by atomic mass is 32.2. The van der Waals surface area contributed by atoms with Crippen molar-refractivity contribution >= 4 is 34.6 Å². The summed E-state index contributed by atoms with van der Waals surface area (Å²) in [6.45, 7) is 3.81. The van der Waals surface area contributed by atoms with E-state index >= 15 is 0 Å². The van der Waals surface area contributed by atoms with Gasteiger partial charge in [-0.15, -0.1) is 0 Å². The number of carbonyl (C=O) groups excluding carboxylic acids is 2. The lowest BCUT2D eigenvalue weighted by molar-refractivity contribution is -0.120. The Bertz CT molecular complexity index is 670. The number of fused-ring (bicyclic) bond motifs is 1. The second kappa shape index (κ2) is 6.53. The highest BCUT2D eigenvalue weighted by molar-refractivity contribution is 8.00. The predicted molar refractivity (Wildman–Crippen MR) is 81.7 cm³/mol. The number of thioether (sulfide) groups is 1. The van der Waals surface area contributed by atoms with Gasteiger partial charge in [-0.1, -0.05) is 43.8 Å². The summed E-state index contributed by atoms with van der Waals surface area (Å²) in [6, 6.07) is 6.72. The number of aromatic nitrogens is 2. The number of rotatable bonds is 4. The number of carbonyl (C=O) groups is 2. The molecule has 110 valence electrons. The minimum Gasteiger partial charge on any atom is -0.351 e. The van der Waals surface area contributed by atoms with Crippen molar-refractivity contribution in [2.45, 2.75) is 24.1 Å². The molecule has 0 saturated carbocycles. The van der Waals surface area contributed by atoms with Crippen molar-refractivity contribution < 1.29 is 9.59 Å². The molecule has 1 aromatic carbocycles. The van der Waals surface area contributed by atoms with Crippen LogP contribution in [-0.4, -0.2) is 27.2 Å². The van der Waals surface area contributed by atoms with Crippen LogP contribution in [-0.2, 0) is 4.79 Å². The molecule has 1 heterocycles. The van der Waals surface area contributed by atoms with E-state index in [1.807, 2.05) is 38.1 Å². The number of urea groups is 1. The molecule has 2 rings (SSSR count). The zero-order chi connectivity index (χ0) is 15.4. The average molecular weight is 304 g/mol. The number of hydrogen-bond acceptors (Lipinski definition) is 5. The maximum atomic E-state index is 12.1. The normalized spacial score (nSPS) is 12.3. The van der Waals surface area contributed by atoms with Crippen LogP contribution in [0.15, 0.2) is 35.6 Å². The van der Waals surface area contributed by atoms with E-state index in [4.69, 9.17) is 5.73 Å². The first-order chi connectivity index (χ1) is 9.99. The SMILES string of the molecule is CC(C)[C@H](Sc1ncnc2ccccc12)C(=O)NC(N)=O. The summed E-state index contributed by atoms with van der Waals surface area (Å²) in [6.07, 6.45) is 1.47. The maximum absolute atomic E-state index is 12.1. The van der Waals surface area contributed by atoms with E-state index in [1.54, 1.807) is 0 Å². The fourth-order valence-corrected chi connectivity index (χ4v) is 2.97. The third-order valence-electron chi connectivity index (χ3n) is 2.86. The third kappa shape index (κ3) is 3.69. The third-order valence-corrected chi connectivity index (χ3v) is 4.42. The predicted octanol–water partition coefficient (Wildman–Crippen LogP) is 1.94. The Kier molecular flexibility index (Phi) is 4.74. The summed E-state index contributed by atoms with van der Waals surface area (Å²) in [5.41, 5.74) is 5.82. The molecule has 3 N–H and O–H groups in total. The molecule has 0 saturated heterocycles. The zero-order valence-corrected chi connectivity index (χ0v) is 12.6. The second-order valence-electron chi connectivity index (χ2n) is 4.83. The van der Waals surface area contributed by atoms with Gasteiger partial charge in [-0.3, -0.25) is 10.1 Å². The molecule has 0 bridgehead atoms. The molecule has 0 unspecified atom stereocenters. The number of hydrogen-bond donors (Lipinski definition) is 2. The fourth-order valence-electron chi connectivity index (χ4n) is 1.88. The summed E-state index contributed by atoms with van der Waals surface area (Å²) in [4.78, 5) is 31.4. The lowest BCUT2D eigenvalue weighted by atomic mass is 10.1. The average Bonchev–Trinajstić information content (AvgIpc) is 2.43. The lowest BCUT2D eigenvalue weighted by Gasteiger charge is -2.18. The van der Waals surface area contributed by atoms with E-state index in [2.05, 4.69) is 15.3 Å². The highest BCUT2D eigenvalue weighted by Crippen LogP contribution is 2.31. The summed E-state index contributed by atoms with van der Waals surface area (Å²) in [7, 11) is 0. The molecule has 1 atom stereocenters. The molecular weight excluding hydrogens is 288 g/mol. The molecule has 0 aliphatic carbocycles. The molecule has 2 aromatic rings. The van der Waals surface area contributed by atoms with Crippen LogP contribution >= 0.6 is 11.8 Å². The molecule has 21 heavy (non-hydrogen) atoms. The molecule has 0 aliphatic rings. The van der Waals surface area contributed by atoms with Crippen LogP contribution < -0.4 is 11.1 Å². The van der Waals surface area contributed by atoms with Crippen LogP contribution in [0.25, 0.3) is 10.9 Å². The Morgan fingerprint density at radius 1 is 1.24 bits per heavy atom. The van der Waals surface area contributed by atoms with E-state index in [1.165, 1.54) is 18.1 Å². The van der Waals surface area contributed by atoms with Crippen molar-refractivity contribution in [1.82, 2.24) is 15.3 Å². The smallest absolute Gasteiger partial charge is 0.318 e. The van der Waals surface area contributed by atoms with Gasteiger partial charge in [0.1, 0.15) is 11.4 Å². The van der Waals surface area contributed by atoms with Gasteiger partial charge < -0.3 is 5.73 Å². The van der Waals surface area contributed by atoms with Gasteiger partial charge in [0.15, 0.2) is 0 Å². The van der Waals surface area contributed by atoms with Gasteiger partial charge in [-0.25, -0.2) is 14.8 Å². The summed E-state index contributed by atoms with van der Waals surface area (Å²) >= 11 is 1.31. The summed E-state index contributed by atoms with van der Waals surface area (Å²) in [5.74, 6) is -0.395. The van der Waals surface area contributed by atoms with Gasteiger partial charge in [0.2, 0.25) is 5.91 Å². The van der Waals surface area contributed by atoms with Crippen LogP contribution in [0.2, 0.25) is 0 Å². The molecule has 7 heteroatoms. The zero-order valence-electron chi connectivity index (χ0n) is 11.7. The maximum Gasteiger partial charge on any atom is 0.318 e. The molecule has 1 aromatic heterocycles. The molecule has 6 nitrogen and oxygen atoms in total. The Balaban J connectivity index is 2.31. The quantitative estimate of drug-likeness (QED) is 0.664. The molecule has 0 spiro atoms. The Morgan fingerprint density at radius 2 is 1.95 bits per heavy atom. The van der Waals surface area contributed by atoms with E-state index in [9.17, 15) is 9.59 Å². The van der Waals surface area contributed by atoms with Gasteiger partial charge >= 0.3 is 6.03 Å². The van der Waals surface area contributed by atoms with Crippen molar-refractivity contribution in [1.29, 1.82) is 0 Å². The molecule has 0 fully saturated rings. The minimum atomic E-state index is -0.848. The van der Waals surface area contributed by atoms with Crippen LogP contribution in [0.1, 0.15) is 13.8 Å². The van der Waals surface area contributed by atoms with Crippen LogP contribution in [0.4, 0.5) is 4.79 Å². The highest BCUT2D eigenvalue weighted by Gasteiger charge is 2.25. The van der Waals surface area contributed by atoms with Crippen molar-refractivity contribution in [3.8, 4) is 0 Å². The van der Waals surface area contributed by atoms with Crippen molar-refractivity contribution in [3.05, 3.63) is 30.6 Å². The lowest BCUT2D eigenvalue weighted by Crippen LogP contribution is -2.42. The monoisotopic (exact) mass is 304 g/mol. The van der Waals surface area contributed by atoms with E-state index in [0.29, 0.717) is 5.03 Å². The van der Waals surface area contributed by atoms with Gasteiger partial charge in [0.05, 0.1) is 10.8 Å². The first-order valence-corrected chi connectivity index (χ1v) is 7.33. The van der Waals surface area contributed by atoms with Crippen LogP contribution in [0, 0.1) is 5.92 Å². The van der Waals surface area contributed by atoms with Crippen molar-refractivity contribution in [2.75, 3.05) is 0 Å². The first kappa shape index (κ1) is 15.2. The van der Waals surface area contributed by atoms with Gasteiger partial charge in [-0.2, -0.15) is 0 Å². The largest absolute Gasteiger partial charge is 0.351 e. The van der Waals surface area contributed by atoms with Gasteiger partial charge in [0, 0.05) is 5.39 Å². The fraction of sp³-hybridized carbons (Fsp3) is 0.286. The number of nitrogens with zero attached hydrogens (tertiary/aromatic N) is 2. The van der Waals surface area contributed by atoms with Gasteiger partial charge in [-0.05, 0) is 12.0 Å². The molecule has 0 aliphatic heterocycles. The van der Waals surface area contributed by atoms with Crippen molar-refractivity contribution in [2.24, 2.45) is 11.7 Å². The standard InChI is InChI=1S/C14H16N4O2S/c1-8(2)11(12(19)18-14(15)20)21-13-9-5-3-4-6-10(9)16-7-17-13/h3-8,11H,1-2H3,(H3,15,18,19,20)/t11-/m0/s1. The van der Waals surface area contributed by atoms with E-state index < -0.39 is 17.2 Å². The second-order valence-corrected chi connectivity index (χ2v) is 5.96. The Labute approximate surface area is 126 Å². The van der Waals surface area contributed by atoms with Crippen LogP contribution in [0.3, 0.4) is 0 Å². The number of benzene rings is 1. The number of primary amides is 1. The van der Waals surface area contributed by atoms with Crippen molar-refractivity contribution in [3.63, 3.8) is 0 Å². The van der Waals surface area contributed by atoms with E-state index in [-0.39, 0.29) is 5.92 Å². The number of amides is 3. The Morgan fingerprint density at radius 3 is 2.62 bits per heavy atom. The summed E-state index contributed by atoms with van der Waals surface area (Å²) < 4.78 is 0. The Hall–Kier alpha value is -2.15. The molecular formula is C14H16N4O2S. The van der Waals surface area contributed by atoms with Crippen LogP contribution in [0.5, 0.6) is 0 Å². The minimum absolute atomic E-state index is 0.0167. The summed E-state index contributed by atoms with van der Waals surface area (Å²) in [5, 5.41) is 3.25. The van der Waals surface area contributed by atoms with E-state index in [0.717, 1.165) is 10.9 Å². The topological polar surface area (TPSA) is 98.0 Å².